The number of rotatable bonds is 4. The van der Waals surface area contributed by atoms with E-state index in [0.29, 0.717) is 11.8 Å². The molecule has 1 heterocycles. The minimum atomic E-state index is 0.295. The van der Waals surface area contributed by atoms with Crippen molar-refractivity contribution in [1.82, 2.24) is 9.80 Å². The summed E-state index contributed by atoms with van der Waals surface area (Å²) >= 11 is 0. The van der Waals surface area contributed by atoms with Gasteiger partial charge in [-0.05, 0) is 32.9 Å². The fraction of sp³-hybridized carbons (Fsp3) is 0.625. The molecule has 0 saturated carbocycles. The van der Waals surface area contributed by atoms with Gasteiger partial charge in [-0.25, -0.2) is 0 Å². The van der Waals surface area contributed by atoms with Gasteiger partial charge in [0, 0.05) is 37.8 Å². The van der Waals surface area contributed by atoms with Gasteiger partial charge in [-0.15, -0.1) is 0 Å². The Balaban J connectivity index is 2.01. The molecule has 1 saturated heterocycles. The van der Waals surface area contributed by atoms with Gasteiger partial charge in [-0.3, -0.25) is 4.90 Å². The van der Waals surface area contributed by atoms with Crippen LogP contribution in [0.3, 0.4) is 0 Å². The number of benzene rings is 1. The van der Waals surface area contributed by atoms with Gasteiger partial charge in [0.2, 0.25) is 0 Å². The Morgan fingerprint density at radius 2 is 1.89 bits per heavy atom. The number of piperazine rings is 1. The number of hydrogen-bond donors (Lipinski definition) is 1. The number of aromatic hydroxyl groups is 1. The van der Waals surface area contributed by atoms with Gasteiger partial charge < -0.3 is 10.0 Å². The molecule has 19 heavy (non-hydrogen) atoms. The summed E-state index contributed by atoms with van der Waals surface area (Å²) in [6.07, 6.45) is 1.23. The SMILES string of the molecule is CCCN1CCN(C(C)c2cc(C)ccc2O)CC1. The Labute approximate surface area is 116 Å². The highest BCUT2D eigenvalue weighted by Gasteiger charge is 2.23. The van der Waals surface area contributed by atoms with Crippen molar-refractivity contribution in [2.24, 2.45) is 0 Å². The van der Waals surface area contributed by atoms with Crippen molar-refractivity contribution in [1.29, 1.82) is 0 Å². The molecule has 1 fully saturated rings. The molecule has 1 unspecified atom stereocenters. The van der Waals surface area contributed by atoms with Crippen molar-refractivity contribution < 1.29 is 5.11 Å². The molecule has 0 radical (unpaired) electrons. The van der Waals surface area contributed by atoms with E-state index in [9.17, 15) is 5.11 Å². The van der Waals surface area contributed by atoms with Gasteiger partial charge in [0.05, 0.1) is 0 Å². The largest absolute Gasteiger partial charge is 0.508 e. The van der Waals surface area contributed by atoms with Gasteiger partial charge in [0.1, 0.15) is 5.75 Å². The summed E-state index contributed by atoms with van der Waals surface area (Å²) in [6, 6.07) is 6.18. The number of phenols is 1. The Hall–Kier alpha value is -1.06. The van der Waals surface area contributed by atoms with Crippen LogP contribution >= 0.6 is 0 Å². The summed E-state index contributed by atoms with van der Waals surface area (Å²) in [7, 11) is 0. The van der Waals surface area contributed by atoms with E-state index in [1.807, 2.05) is 12.1 Å². The molecule has 1 atom stereocenters. The van der Waals surface area contributed by atoms with E-state index >= 15 is 0 Å². The van der Waals surface area contributed by atoms with Crippen LogP contribution in [0, 0.1) is 6.92 Å². The molecular weight excluding hydrogens is 236 g/mol. The molecule has 1 aliphatic heterocycles. The van der Waals surface area contributed by atoms with Gasteiger partial charge in [-0.1, -0.05) is 24.6 Å². The van der Waals surface area contributed by atoms with E-state index in [2.05, 4.69) is 36.6 Å². The lowest BCUT2D eigenvalue weighted by molar-refractivity contribution is 0.101. The molecule has 3 heteroatoms. The van der Waals surface area contributed by atoms with Crippen LogP contribution in [0.5, 0.6) is 5.75 Å². The Kier molecular flexibility index (Phi) is 4.83. The first-order valence-electron chi connectivity index (χ1n) is 7.37. The Morgan fingerprint density at radius 1 is 1.21 bits per heavy atom. The average Bonchev–Trinajstić information content (AvgIpc) is 2.42. The fourth-order valence-corrected chi connectivity index (χ4v) is 2.90. The number of hydrogen-bond acceptors (Lipinski definition) is 3. The third kappa shape index (κ3) is 3.48. The molecule has 2 rings (SSSR count). The van der Waals surface area contributed by atoms with Gasteiger partial charge in [-0.2, -0.15) is 0 Å². The van der Waals surface area contributed by atoms with Crippen molar-refractivity contribution in [3.8, 4) is 5.75 Å². The molecule has 0 bridgehead atoms. The van der Waals surface area contributed by atoms with Crippen LogP contribution in [0.2, 0.25) is 0 Å². The van der Waals surface area contributed by atoms with Gasteiger partial charge in [0.15, 0.2) is 0 Å². The van der Waals surface area contributed by atoms with Crippen molar-refractivity contribution in [3.05, 3.63) is 29.3 Å². The molecular formula is C16H26N2O. The molecule has 3 nitrogen and oxygen atoms in total. The van der Waals surface area contributed by atoms with Crippen LogP contribution in [-0.4, -0.2) is 47.6 Å². The molecule has 106 valence electrons. The van der Waals surface area contributed by atoms with E-state index in [0.717, 1.165) is 31.7 Å². The minimum absolute atomic E-state index is 0.295. The van der Waals surface area contributed by atoms with E-state index in [4.69, 9.17) is 0 Å². The fourth-order valence-electron chi connectivity index (χ4n) is 2.90. The molecule has 0 aliphatic carbocycles. The molecule has 0 aromatic heterocycles. The van der Waals surface area contributed by atoms with E-state index in [-0.39, 0.29) is 0 Å². The van der Waals surface area contributed by atoms with Crippen LogP contribution in [0.1, 0.15) is 37.4 Å². The number of nitrogens with zero attached hydrogens (tertiary/aromatic N) is 2. The monoisotopic (exact) mass is 262 g/mol. The smallest absolute Gasteiger partial charge is 0.120 e. The third-order valence-corrected chi connectivity index (χ3v) is 4.13. The zero-order valence-electron chi connectivity index (χ0n) is 12.4. The second-order valence-electron chi connectivity index (χ2n) is 5.62. The second-order valence-corrected chi connectivity index (χ2v) is 5.62. The van der Waals surface area contributed by atoms with Crippen LogP contribution in [-0.2, 0) is 0 Å². The quantitative estimate of drug-likeness (QED) is 0.904. The first kappa shape index (κ1) is 14.4. The number of aryl methyl sites for hydroxylation is 1. The van der Waals surface area contributed by atoms with Crippen LogP contribution in [0.15, 0.2) is 18.2 Å². The van der Waals surface area contributed by atoms with Crippen molar-refractivity contribution in [2.75, 3.05) is 32.7 Å². The third-order valence-electron chi connectivity index (χ3n) is 4.13. The highest BCUT2D eigenvalue weighted by molar-refractivity contribution is 5.37. The molecule has 0 amide bonds. The Bertz CT molecular complexity index is 411. The predicted octanol–water partition coefficient (Wildman–Crippen LogP) is 2.79. The first-order valence-corrected chi connectivity index (χ1v) is 7.37. The van der Waals surface area contributed by atoms with Gasteiger partial charge >= 0.3 is 0 Å². The summed E-state index contributed by atoms with van der Waals surface area (Å²) < 4.78 is 0. The van der Waals surface area contributed by atoms with Crippen molar-refractivity contribution in [2.45, 2.75) is 33.2 Å². The maximum atomic E-state index is 10.0. The zero-order valence-corrected chi connectivity index (χ0v) is 12.4. The standard InChI is InChI=1S/C16H26N2O/c1-4-7-17-8-10-18(11-9-17)14(3)15-12-13(2)5-6-16(15)19/h5-6,12,14,19H,4,7-11H2,1-3H3. The summed E-state index contributed by atoms with van der Waals surface area (Å²) in [6.45, 7) is 12.2. The lowest BCUT2D eigenvalue weighted by Gasteiger charge is -2.38. The normalized spacial score (nSPS) is 19.5. The zero-order chi connectivity index (χ0) is 13.8. The maximum Gasteiger partial charge on any atom is 0.120 e. The summed E-state index contributed by atoms with van der Waals surface area (Å²) in [5.74, 6) is 0.425. The lowest BCUT2D eigenvalue weighted by atomic mass is 10.0. The van der Waals surface area contributed by atoms with Crippen LogP contribution in [0.25, 0.3) is 0 Å². The highest BCUT2D eigenvalue weighted by atomic mass is 16.3. The molecule has 1 aromatic carbocycles. The summed E-state index contributed by atoms with van der Waals surface area (Å²) in [5.41, 5.74) is 2.27. The highest BCUT2D eigenvalue weighted by Crippen LogP contribution is 2.29. The first-order chi connectivity index (χ1) is 9.11. The average molecular weight is 262 g/mol. The molecule has 0 spiro atoms. The van der Waals surface area contributed by atoms with Crippen LogP contribution < -0.4 is 0 Å². The predicted molar refractivity (Wildman–Crippen MR) is 79.6 cm³/mol. The van der Waals surface area contributed by atoms with E-state index < -0.39 is 0 Å². The van der Waals surface area contributed by atoms with Gasteiger partial charge in [0.25, 0.3) is 0 Å². The van der Waals surface area contributed by atoms with E-state index in [1.165, 1.54) is 18.5 Å². The maximum absolute atomic E-state index is 10.0. The molecule has 1 N–H and O–H groups in total. The number of phenolic OH excluding ortho intramolecular Hbond substituents is 1. The molecule has 1 aliphatic rings. The Morgan fingerprint density at radius 3 is 2.53 bits per heavy atom. The molecule has 1 aromatic rings. The van der Waals surface area contributed by atoms with E-state index in [1.54, 1.807) is 0 Å². The van der Waals surface area contributed by atoms with Crippen molar-refractivity contribution in [3.63, 3.8) is 0 Å². The topological polar surface area (TPSA) is 26.7 Å². The van der Waals surface area contributed by atoms with Crippen LogP contribution in [0.4, 0.5) is 0 Å². The lowest BCUT2D eigenvalue weighted by Crippen LogP contribution is -2.47. The summed E-state index contributed by atoms with van der Waals surface area (Å²) in [5, 5.41) is 10.0. The minimum Gasteiger partial charge on any atom is -0.508 e. The second kappa shape index (κ2) is 6.40. The summed E-state index contributed by atoms with van der Waals surface area (Å²) in [4.78, 5) is 5.00. The van der Waals surface area contributed by atoms with Crippen molar-refractivity contribution >= 4 is 0 Å².